The van der Waals surface area contributed by atoms with Gasteiger partial charge in [-0.15, -0.1) is 0 Å². The Kier molecular flexibility index (Phi) is 32.4. The van der Waals surface area contributed by atoms with Crippen LogP contribution in [-0.2, 0) is 64.0 Å². The van der Waals surface area contributed by atoms with Crippen molar-refractivity contribution in [2.75, 3.05) is 26.2 Å². The van der Waals surface area contributed by atoms with Crippen LogP contribution < -0.4 is 92.9 Å². The van der Waals surface area contributed by atoms with Gasteiger partial charge in [0.1, 0.15) is 66.5 Å². The van der Waals surface area contributed by atoms with E-state index in [1.807, 2.05) is 19.9 Å². The van der Waals surface area contributed by atoms with Crippen LogP contribution in [0, 0.1) is 35.5 Å². The second kappa shape index (κ2) is 37.3. The smallest absolute Gasteiger partial charge is 0.244 e. The molecule has 0 unspecified atom stereocenters. The largest absolute Gasteiger partial charge is 0.368 e. The van der Waals surface area contributed by atoms with Crippen molar-refractivity contribution in [1.29, 1.82) is 0 Å². The lowest BCUT2D eigenvalue weighted by Gasteiger charge is -2.31. The average molecular weight is 1260 g/mol. The van der Waals surface area contributed by atoms with Gasteiger partial charge in [-0.3, -0.25) is 57.5 Å². The first kappa shape index (κ1) is 77.3. The number of aromatic nitrogens is 1. The Bertz CT molecular complexity index is 2740. The van der Waals surface area contributed by atoms with E-state index in [4.69, 9.17) is 34.4 Å². The fourth-order valence-electron chi connectivity index (χ4n) is 9.16. The zero-order valence-electron chi connectivity index (χ0n) is 53.8. The summed E-state index contributed by atoms with van der Waals surface area (Å²) in [4.78, 5) is 167. The van der Waals surface area contributed by atoms with Crippen LogP contribution in [0.4, 0.5) is 0 Å². The molecule has 0 aliphatic rings. The van der Waals surface area contributed by atoms with Crippen molar-refractivity contribution in [1.82, 2.24) is 63.5 Å². The molecule has 0 spiro atoms. The quantitative estimate of drug-likeness (QED) is 0.0303. The highest BCUT2D eigenvalue weighted by atomic mass is 16.2. The van der Waals surface area contributed by atoms with E-state index in [9.17, 15) is 57.5 Å². The third kappa shape index (κ3) is 23.6. The van der Waals surface area contributed by atoms with Crippen LogP contribution in [0.3, 0.4) is 0 Å². The van der Waals surface area contributed by atoms with Crippen molar-refractivity contribution in [3.8, 4) is 0 Å². The second-order valence-electron chi connectivity index (χ2n) is 24.1. The molecule has 500 valence electrons. The molecule has 1 aromatic carbocycles. The van der Waals surface area contributed by atoms with Crippen LogP contribution in [-0.4, -0.2) is 175 Å². The van der Waals surface area contributed by atoms with E-state index >= 15 is 0 Å². The van der Waals surface area contributed by atoms with Gasteiger partial charge in [-0.2, -0.15) is 0 Å². The molecule has 89 heavy (non-hydrogen) atoms. The molecule has 0 fully saturated rings. The number of H-pyrrole nitrogens is 1. The van der Waals surface area contributed by atoms with Gasteiger partial charge in [0.05, 0.1) is 6.04 Å². The van der Waals surface area contributed by atoms with Gasteiger partial charge in [0.2, 0.25) is 70.9 Å². The standard InChI is InChI=1S/C59H102N18O12/c1-14-31(11)46(58(88)69-38(21-34-26-66-36-19-17-16-18-35(34)36)50(80)71-40(23-61)53(83)70-39(22-60)48(65)78)77-54(84)42(25-63)73-57(87)45(30(9)10)74-49(79)33(13)67-56(86)44(29(7)8)75-59(89)47(32(12)15-2)76-51(81)37(20-27(3)4)68-52(82)41(24-62)72-55(85)43(64)28(5)6/h16-19,26-33,37-47,66H,14-15,20-25,60-64H2,1-13H3,(H2,65,78)(H,67,86)(H,68,82)(H,69,88)(H,70,83)(H,71,80)(H,72,85)(H,73,87)(H,74,79)(H,75,89)(H,76,81)(H,77,84)/t31-,32-,33-,37-,38-,39-,40-,41-,42-,43-,44-,45-,46-,47-/m0/s1. The molecule has 0 saturated heterocycles. The van der Waals surface area contributed by atoms with Crippen LogP contribution in [0.1, 0.15) is 115 Å². The molecule has 2 rings (SSSR count). The van der Waals surface area contributed by atoms with Crippen LogP contribution in [0.5, 0.6) is 0 Å². The highest BCUT2D eigenvalue weighted by Crippen LogP contribution is 2.20. The van der Waals surface area contributed by atoms with E-state index in [0.29, 0.717) is 18.4 Å². The number of rotatable bonds is 38. The molecule has 24 N–H and O–H groups in total. The van der Waals surface area contributed by atoms with Crippen molar-refractivity contribution >= 4 is 81.8 Å². The maximum atomic E-state index is 14.4. The van der Waals surface area contributed by atoms with Gasteiger partial charge in [0.25, 0.3) is 0 Å². The number of fused-ring (bicyclic) bond motifs is 1. The number of para-hydroxylation sites is 1. The summed E-state index contributed by atoms with van der Waals surface area (Å²) in [6, 6.07) is -8.02. The second-order valence-corrected chi connectivity index (χ2v) is 24.1. The number of hydrogen-bond acceptors (Lipinski definition) is 17. The number of carbonyl (C=O) groups is 12. The zero-order chi connectivity index (χ0) is 67.7. The van der Waals surface area contributed by atoms with E-state index in [-0.39, 0.29) is 37.8 Å². The fraction of sp³-hybridized carbons (Fsp3) is 0.661. The first-order chi connectivity index (χ1) is 41.7. The summed E-state index contributed by atoms with van der Waals surface area (Å²) in [6.07, 6.45) is 2.43. The summed E-state index contributed by atoms with van der Waals surface area (Å²) in [5.41, 5.74) is 36.0. The Morgan fingerprint density at radius 1 is 0.416 bits per heavy atom. The van der Waals surface area contributed by atoms with Gasteiger partial charge >= 0.3 is 0 Å². The number of benzene rings is 1. The molecular weight excluding hydrogens is 1150 g/mol. The van der Waals surface area contributed by atoms with E-state index in [1.54, 1.807) is 93.6 Å². The molecule has 2 aromatic rings. The summed E-state index contributed by atoms with van der Waals surface area (Å²) in [5.74, 6) is -12.1. The summed E-state index contributed by atoms with van der Waals surface area (Å²) in [6.45, 7) is 20.5. The summed E-state index contributed by atoms with van der Waals surface area (Å²) in [7, 11) is 0. The minimum absolute atomic E-state index is 0.114. The third-order valence-electron chi connectivity index (χ3n) is 15.4. The van der Waals surface area contributed by atoms with Crippen molar-refractivity contribution in [3.63, 3.8) is 0 Å². The summed E-state index contributed by atoms with van der Waals surface area (Å²) < 4.78 is 0. The topological polar surface area (TPSA) is 509 Å². The number of hydrogen-bond donors (Lipinski definition) is 18. The predicted octanol–water partition coefficient (Wildman–Crippen LogP) is -4.18. The molecule has 0 saturated carbocycles. The van der Waals surface area contributed by atoms with Gasteiger partial charge in [0.15, 0.2) is 0 Å². The first-order valence-electron chi connectivity index (χ1n) is 30.5. The highest BCUT2D eigenvalue weighted by Gasteiger charge is 2.38. The van der Waals surface area contributed by atoms with E-state index in [2.05, 4.69) is 63.5 Å². The molecule has 30 heteroatoms. The fourth-order valence-corrected chi connectivity index (χ4v) is 9.16. The number of nitrogens with two attached hydrogens (primary N) is 6. The van der Waals surface area contributed by atoms with Crippen LogP contribution in [0.15, 0.2) is 30.5 Å². The number of amides is 12. The van der Waals surface area contributed by atoms with Crippen molar-refractivity contribution in [2.24, 2.45) is 69.9 Å². The Hall–Kier alpha value is -7.80. The van der Waals surface area contributed by atoms with Crippen molar-refractivity contribution < 1.29 is 57.5 Å². The summed E-state index contributed by atoms with van der Waals surface area (Å²) in [5, 5.41) is 29.4. The van der Waals surface area contributed by atoms with Gasteiger partial charge in [-0.25, -0.2) is 0 Å². The van der Waals surface area contributed by atoms with Crippen LogP contribution in [0.2, 0.25) is 0 Å². The Labute approximate surface area is 521 Å². The third-order valence-corrected chi connectivity index (χ3v) is 15.4. The molecule has 14 atom stereocenters. The molecule has 0 bridgehead atoms. The van der Waals surface area contributed by atoms with Gasteiger partial charge in [-0.05, 0) is 60.5 Å². The lowest BCUT2D eigenvalue weighted by molar-refractivity contribution is -0.137. The Morgan fingerprint density at radius 2 is 0.775 bits per heavy atom. The maximum Gasteiger partial charge on any atom is 0.244 e. The number of primary amides is 1. The predicted molar refractivity (Wildman–Crippen MR) is 335 cm³/mol. The van der Waals surface area contributed by atoms with E-state index in [1.165, 1.54) is 6.92 Å². The monoisotopic (exact) mass is 1250 g/mol. The molecule has 1 heterocycles. The zero-order valence-corrected chi connectivity index (χ0v) is 53.8. The minimum Gasteiger partial charge on any atom is -0.368 e. The number of nitrogens with one attached hydrogen (secondary N) is 12. The maximum absolute atomic E-state index is 14.4. The highest BCUT2D eigenvalue weighted by molar-refractivity contribution is 6.00. The average Bonchev–Trinajstić information content (AvgIpc) is 2.04. The molecule has 1 aromatic heterocycles. The first-order valence-corrected chi connectivity index (χ1v) is 30.5. The van der Waals surface area contributed by atoms with Gasteiger partial charge in [-0.1, -0.05) is 114 Å². The SMILES string of the molecule is CC[C@H](C)[C@H](NC(=O)[C@H](CN)NC(=O)[C@@H](NC(=O)[C@H](C)NC(=O)[C@@H](NC(=O)[C@@H](NC(=O)[C@H](CC(C)C)NC(=O)[C@H](CN)NC(=O)[C@@H](N)C(C)C)[C@@H](C)CC)C(C)C)C(C)C)C(=O)N[C@@H](Cc1c[nH]c2ccccc12)C(=O)N[C@@H](CN)C(=O)N[C@@H](CN)C(N)=O. The number of carbonyl (C=O) groups excluding carboxylic acids is 12. The van der Waals surface area contributed by atoms with Crippen molar-refractivity contribution in [3.05, 3.63) is 36.0 Å². The number of aromatic amines is 1. The Morgan fingerprint density at radius 3 is 1.22 bits per heavy atom. The van der Waals surface area contributed by atoms with Crippen molar-refractivity contribution in [2.45, 2.75) is 188 Å². The molecule has 0 radical (unpaired) electrons. The molecular formula is C59H102N18O12. The minimum atomic E-state index is -1.47. The van der Waals surface area contributed by atoms with Crippen LogP contribution >= 0.6 is 0 Å². The Balaban J connectivity index is 2.30. The lowest BCUT2D eigenvalue weighted by Crippen LogP contribution is -2.63. The lowest BCUT2D eigenvalue weighted by atomic mass is 9.95. The van der Waals surface area contributed by atoms with E-state index in [0.717, 1.165) is 10.9 Å². The van der Waals surface area contributed by atoms with E-state index < -0.39 is 180 Å². The molecule has 0 aliphatic carbocycles. The van der Waals surface area contributed by atoms with Gasteiger partial charge < -0.3 is 97.9 Å². The normalized spacial score (nSPS) is 16.2. The molecule has 12 amide bonds. The summed E-state index contributed by atoms with van der Waals surface area (Å²) >= 11 is 0. The van der Waals surface area contributed by atoms with Crippen LogP contribution in [0.25, 0.3) is 10.9 Å². The molecule has 30 nitrogen and oxygen atoms in total. The molecule has 0 aliphatic heterocycles. The van der Waals surface area contributed by atoms with Gasteiger partial charge in [0, 0.05) is 49.7 Å².